The predicted octanol–water partition coefficient (Wildman–Crippen LogP) is 2.34. The van der Waals surface area contributed by atoms with E-state index in [9.17, 15) is 4.79 Å². The SMILES string of the molecule is CCNC(=NCCCCN1CCN(c2ccccc2)CC1)N1CCN(C(C)=O)CC1.I. The van der Waals surface area contributed by atoms with Crippen molar-refractivity contribution in [1.82, 2.24) is 20.0 Å². The molecule has 31 heavy (non-hydrogen) atoms. The van der Waals surface area contributed by atoms with Crippen LogP contribution in [-0.2, 0) is 4.79 Å². The maximum absolute atomic E-state index is 11.5. The maximum atomic E-state index is 11.5. The molecule has 0 aromatic heterocycles. The summed E-state index contributed by atoms with van der Waals surface area (Å²) < 4.78 is 0. The first kappa shape index (κ1) is 25.7. The Labute approximate surface area is 204 Å². The molecule has 8 heteroatoms. The van der Waals surface area contributed by atoms with E-state index >= 15 is 0 Å². The topological polar surface area (TPSA) is 54.4 Å². The molecular formula is C23H39IN6O. The fourth-order valence-corrected chi connectivity index (χ4v) is 4.16. The summed E-state index contributed by atoms with van der Waals surface area (Å²) in [6.45, 7) is 14.4. The van der Waals surface area contributed by atoms with Crippen molar-refractivity contribution < 1.29 is 4.79 Å². The highest BCUT2D eigenvalue weighted by molar-refractivity contribution is 14.0. The van der Waals surface area contributed by atoms with Gasteiger partial charge in [0.15, 0.2) is 5.96 Å². The van der Waals surface area contributed by atoms with Crippen LogP contribution in [0, 0.1) is 0 Å². The van der Waals surface area contributed by atoms with Gasteiger partial charge in [0, 0.05) is 78.1 Å². The van der Waals surface area contributed by atoms with Gasteiger partial charge in [0.05, 0.1) is 0 Å². The maximum Gasteiger partial charge on any atom is 0.219 e. The van der Waals surface area contributed by atoms with Crippen LogP contribution in [0.3, 0.4) is 0 Å². The Kier molecular flexibility index (Phi) is 11.4. The normalized spacial score (nSPS) is 18.0. The summed E-state index contributed by atoms with van der Waals surface area (Å²) in [6.07, 6.45) is 2.30. The quantitative estimate of drug-likeness (QED) is 0.248. The average Bonchev–Trinajstić information content (AvgIpc) is 2.79. The number of aliphatic imine (C=N–C) groups is 1. The third-order valence-electron chi connectivity index (χ3n) is 6.00. The molecule has 0 saturated carbocycles. The molecule has 0 aliphatic carbocycles. The van der Waals surface area contributed by atoms with Crippen LogP contribution in [0.15, 0.2) is 35.3 Å². The second-order valence-electron chi connectivity index (χ2n) is 8.10. The molecule has 2 aliphatic heterocycles. The van der Waals surface area contributed by atoms with Gasteiger partial charge in [0.25, 0.3) is 0 Å². The van der Waals surface area contributed by atoms with E-state index in [0.29, 0.717) is 0 Å². The van der Waals surface area contributed by atoms with E-state index in [-0.39, 0.29) is 29.9 Å². The number of carbonyl (C=O) groups is 1. The smallest absolute Gasteiger partial charge is 0.219 e. The molecule has 1 aromatic rings. The van der Waals surface area contributed by atoms with E-state index in [0.717, 1.165) is 84.4 Å². The van der Waals surface area contributed by atoms with Crippen molar-refractivity contribution in [2.45, 2.75) is 26.7 Å². The summed E-state index contributed by atoms with van der Waals surface area (Å²) in [6, 6.07) is 10.7. The molecule has 3 rings (SSSR count). The summed E-state index contributed by atoms with van der Waals surface area (Å²) in [5.74, 6) is 1.17. The summed E-state index contributed by atoms with van der Waals surface area (Å²) in [4.78, 5) is 25.6. The lowest BCUT2D eigenvalue weighted by atomic mass is 10.2. The second-order valence-corrected chi connectivity index (χ2v) is 8.10. The summed E-state index contributed by atoms with van der Waals surface area (Å²) in [5.41, 5.74) is 1.34. The number of para-hydroxylation sites is 1. The number of piperazine rings is 2. The monoisotopic (exact) mass is 542 g/mol. The van der Waals surface area contributed by atoms with Crippen LogP contribution in [0.4, 0.5) is 5.69 Å². The average molecular weight is 543 g/mol. The number of hydrogen-bond acceptors (Lipinski definition) is 4. The molecule has 1 aromatic carbocycles. The number of rotatable bonds is 7. The zero-order chi connectivity index (χ0) is 21.2. The molecule has 0 atom stereocenters. The zero-order valence-electron chi connectivity index (χ0n) is 19.1. The molecule has 2 saturated heterocycles. The Hall–Kier alpha value is -1.55. The zero-order valence-corrected chi connectivity index (χ0v) is 21.5. The van der Waals surface area contributed by atoms with E-state index in [2.05, 4.69) is 57.3 Å². The van der Waals surface area contributed by atoms with Crippen molar-refractivity contribution in [3.8, 4) is 0 Å². The van der Waals surface area contributed by atoms with Crippen molar-refractivity contribution in [2.24, 2.45) is 4.99 Å². The number of benzene rings is 1. The van der Waals surface area contributed by atoms with Crippen LogP contribution >= 0.6 is 24.0 Å². The second kappa shape index (κ2) is 13.8. The first-order valence-corrected chi connectivity index (χ1v) is 11.5. The largest absolute Gasteiger partial charge is 0.369 e. The van der Waals surface area contributed by atoms with Crippen molar-refractivity contribution in [2.75, 3.05) is 76.9 Å². The first-order valence-electron chi connectivity index (χ1n) is 11.5. The van der Waals surface area contributed by atoms with Gasteiger partial charge in [0.2, 0.25) is 5.91 Å². The molecule has 174 valence electrons. The highest BCUT2D eigenvalue weighted by atomic mass is 127. The minimum absolute atomic E-state index is 0. The summed E-state index contributed by atoms with van der Waals surface area (Å²) in [5, 5.41) is 3.41. The Morgan fingerprint density at radius 3 is 2.19 bits per heavy atom. The van der Waals surface area contributed by atoms with Crippen LogP contribution in [0.5, 0.6) is 0 Å². The standard InChI is InChI=1S/C23H38N6O.HI/c1-3-24-23(29-19-17-27(18-20-29)21(2)30)25-11-7-8-12-26-13-15-28(16-14-26)22-9-5-4-6-10-22;/h4-6,9-10H,3,7-8,11-20H2,1-2H3,(H,24,25);1H. The van der Waals surface area contributed by atoms with Gasteiger partial charge >= 0.3 is 0 Å². The number of guanidine groups is 1. The van der Waals surface area contributed by atoms with Gasteiger partial charge in [-0.05, 0) is 38.4 Å². The van der Waals surface area contributed by atoms with Crippen molar-refractivity contribution in [3.05, 3.63) is 30.3 Å². The summed E-state index contributed by atoms with van der Waals surface area (Å²) >= 11 is 0. The van der Waals surface area contributed by atoms with Crippen molar-refractivity contribution in [3.63, 3.8) is 0 Å². The fourth-order valence-electron chi connectivity index (χ4n) is 4.16. The highest BCUT2D eigenvalue weighted by Gasteiger charge is 2.21. The molecular weight excluding hydrogens is 503 g/mol. The van der Waals surface area contributed by atoms with Crippen LogP contribution in [0.2, 0.25) is 0 Å². The molecule has 0 unspecified atom stereocenters. The summed E-state index contributed by atoms with van der Waals surface area (Å²) in [7, 11) is 0. The van der Waals surface area contributed by atoms with Gasteiger partial charge in [0.1, 0.15) is 0 Å². The van der Waals surface area contributed by atoms with Crippen LogP contribution in [0.1, 0.15) is 26.7 Å². The highest BCUT2D eigenvalue weighted by Crippen LogP contribution is 2.15. The molecule has 2 aliphatic rings. The van der Waals surface area contributed by atoms with Gasteiger partial charge < -0.3 is 20.0 Å². The number of nitrogens with zero attached hydrogens (tertiary/aromatic N) is 5. The van der Waals surface area contributed by atoms with Gasteiger partial charge in [-0.15, -0.1) is 24.0 Å². The molecule has 1 N–H and O–H groups in total. The molecule has 1 amide bonds. The van der Waals surface area contributed by atoms with Gasteiger partial charge in [-0.1, -0.05) is 18.2 Å². The lowest BCUT2D eigenvalue weighted by molar-refractivity contribution is -0.130. The van der Waals surface area contributed by atoms with Crippen LogP contribution in [-0.4, -0.2) is 98.6 Å². The number of amides is 1. The Bertz CT molecular complexity index is 670. The Balaban J connectivity index is 0.00000341. The molecule has 2 fully saturated rings. The number of halogens is 1. The number of unbranched alkanes of at least 4 members (excludes halogenated alkanes) is 1. The lowest BCUT2D eigenvalue weighted by Crippen LogP contribution is -2.53. The first-order chi connectivity index (χ1) is 14.7. The Morgan fingerprint density at radius 2 is 1.58 bits per heavy atom. The number of anilines is 1. The minimum atomic E-state index is 0. The van der Waals surface area contributed by atoms with Gasteiger partial charge in [-0.2, -0.15) is 0 Å². The van der Waals surface area contributed by atoms with E-state index in [1.807, 2.05) is 4.90 Å². The van der Waals surface area contributed by atoms with E-state index in [1.165, 1.54) is 12.1 Å². The van der Waals surface area contributed by atoms with Crippen LogP contribution in [0.25, 0.3) is 0 Å². The van der Waals surface area contributed by atoms with Gasteiger partial charge in [-0.25, -0.2) is 0 Å². The van der Waals surface area contributed by atoms with Gasteiger partial charge in [-0.3, -0.25) is 14.7 Å². The lowest BCUT2D eigenvalue weighted by Gasteiger charge is -2.36. The molecule has 2 heterocycles. The molecule has 0 radical (unpaired) electrons. The van der Waals surface area contributed by atoms with Crippen molar-refractivity contribution >= 4 is 41.5 Å². The molecule has 0 bridgehead atoms. The third kappa shape index (κ3) is 8.14. The number of carbonyl (C=O) groups excluding carboxylic acids is 1. The minimum Gasteiger partial charge on any atom is -0.369 e. The molecule has 0 spiro atoms. The Morgan fingerprint density at radius 1 is 0.935 bits per heavy atom. The van der Waals surface area contributed by atoms with Crippen molar-refractivity contribution in [1.29, 1.82) is 0 Å². The third-order valence-corrected chi connectivity index (χ3v) is 6.00. The number of hydrogen-bond donors (Lipinski definition) is 1. The van der Waals surface area contributed by atoms with E-state index < -0.39 is 0 Å². The fraction of sp³-hybridized carbons (Fsp3) is 0.652. The molecule has 7 nitrogen and oxygen atoms in total. The van der Waals surface area contributed by atoms with E-state index in [1.54, 1.807) is 6.92 Å². The number of nitrogens with one attached hydrogen (secondary N) is 1. The predicted molar refractivity (Wildman–Crippen MR) is 140 cm³/mol. The van der Waals surface area contributed by atoms with E-state index in [4.69, 9.17) is 4.99 Å². The van der Waals surface area contributed by atoms with Crippen LogP contribution < -0.4 is 10.2 Å².